The van der Waals surface area contributed by atoms with E-state index in [0.29, 0.717) is 5.13 Å². The first-order valence-electron chi connectivity index (χ1n) is 8.59. The highest BCUT2D eigenvalue weighted by molar-refractivity contribution is 7.22. The molecule has 1 fully saturated rings. The second-order valence-electron chi connectivity index (χ2n) is 6.27. The summed E-state index contributed by atoms with van der Waals surface area (Å²) in [5.74, 6) is 0.419. The number of rotatable bonds is 5. The largest absolute Gasteiger partial charge is 0.361 e. The number of fused-ring (bicyclic) bond motifs is 1. The van der Waals surface area contributed by atoms with Crippen LogP contribution in [-0.2, 0) is 0 Å². The molecule has 3 aromatic rings. The van der Waals surface area contributed by atoms with Gasteiger partial charge in [-0.05, 0) is 25.0 Å². The average molecular weight is 370 g/mol. The number of hydrogen-bond acceptors (Lipinski definition) is 8. The fraction of sp³-hybridized carbons (Fsp3) is 0.353. The Labute approximate surface area is 153 Å². The van der Waals surface area contributed by atoms with Crippen molar-refractivity contribution in [2.24, 2.45) is 0 Å². The molecule has 1 aliphatic carbocycles. The van der Waals surface area contributed by atoms with E-state index in [2.05, 4.69) is 25.6 Å². The monoisotopic (exact) mass is 370 g/mol. The molecule has 26 heavy (non-hydrogen) atoms. The van der Waals surface area contributed by atoms with Gasteiger partial charge in [0, 0.05) is 6.04 Å². The number of nitrogens with one attached hydrogen (secondary N) is 2. The highest BCUT2D eigenvalue weighted by atomic mass is 32.1. The van der Waals surface area contributed by atoms with E-state index in [1.807, 2.05) is 24.3 Å². The van der Waals surface area contributed by atoms with Crippen LogP contribution >= 0.6 is 11.3 Å². The van der Waals surface area contributed by atoms with Gasteiger partial charge in [-0.15, -0.1) is 0 Å². The molecule has 1 saturated carbocycles. The van der Waals surface area contributed by atoms with Crippen molar-refractivity contribution in [2.45, 2.75) is 38.1 Å². The molecule has 9 heteroatoms. The Morgan fingerprint density at radius 3 is 2.65 bits per heavy atom. The van der Waals surface area contributed by atoms with E-state index < -0.39 is 4.92 Å². The minimum absolute atomic E-state index is 0.141. The third-order valence-corrected chi connectivity index (χ3v) is 5.42. The van der Waals surface area contributed by atoms with Gasteiger partial charge in [0.1, 0.15) is 6.33 Å². The highest BCUT2D eigenvalue weighted by Crippen LogP contribution is 2.35. The van der Waals surface area contributed by atoms with Gasteiger partial charge in [-0.25, -0.2) is 15.0 Å². The average Bonchev–Trinajstić information content (AvgIpc) is 3.05. The molecular formula is C17H18N6O2S. The molecule has 0 atom stereocenters. The van der Waals surface area contributed by atoms with Crippen molar-refractivity contribution in [1.82, 2.24) is 15.0 Å². The lowest BCUT2D eigenvalue weighted by atomic mass is 9.95. The number of benzene rings is 1. The summed E-state index contributed by atoms with van der Waals surface area (Å²) >= 11 is 1.43. The van der Waals surface area contributed by atoms with E-state index in [4.69, 9.17) is 0 Å². The van der Waals surface area contributed by atoms with Crippen molar-refractivity contribution >= 4 is 44.0 Å². The SMILES string of the molecule is O=[N+]([O-])c1c(Nc2nc3ccccc3s2)ncnc1NC1CCCCC1. The minimum atomic E-state index is -0.444. The van der Waals surface area contributed by atoms with E-state index in [9.17, 15) is 10.1 Å². The number of hydrogen-bond donors (Lipinski definition) is 2. The zero-order valence-electron chi connectivity index (χ0n) is 14.0. The summed E-state index contributed by atoms with van der Waals surface area (Å²) in [6.45, 7) is 0. The van der Waals surface area contributed by atoms with Gasteiger partial charge in [-0.2, -0.15) is 0 Å². The molecule has 2 N–H and O–H groups in total. The maximum atomic E-state index is 11.7. The number of nitrogens with zero attached hydrogens (tertiary/aromatic N) is 4. The van der Waals surface area contributed by atoms with Gasteiger partial charge in [-0.1, -0.05) is 42.7 Å². The van der Waals surface area contributed by atoms with Gasteiger partial charge in [0.25, 0.3) is 0 Å². The quantitative estimate of drug-likeness (QED) is 0.503. The van der Waals surface area contributed by atoms with Gasteiger partial charge in [-0.3, -0.25) is 10.1 Å². The lowest BCUT2D eigenvalue weighted by Gasteiger charge is -2.23. The molecular weight excluding hydrogens is 352 g/mol. The molecule has 4 rings (SSSR count). The zero-order chi connectivity index (χ0) is 17.9. The number of para-hydroxylation sites is 1. The highest BCUT2D eigenvalue weighted by Gasteiger charge is 2.26. The van der Waals surface area contributed by atoms with Crippen molar-refractivity contribution < 1.29 is 4.92 Å². The Hall–Kier alpha value is -2.81. The summed E-state index contributed by atoms with van der Waals surface area (Å²) in [6.07, 6.45) is 6.83. The third kappa shape index (κ3) is 3.43. The van der Waals surface area contributed by atoms with Gasteiger partial charge in [0.05, 0.1) is 15.1 Å². The molecule has 0 unspecified atom stereocenters. The Kier molecular flexibility index (Phi) is 4.61. The molecule has 8 nitrogen and oxygen atoms in total. The Morgan fingerprint density at radius 2 is 1.88 bits per heavy atom. The molecule has 134 valence electrons. The maximum Gasteiger partial charge on any atom is 0.353 e. The fourth-order valence-corrected chi connectivity index (χ4v) is 4.08. The summed E-state index contributed by atoms with van der Waals surface area (Å²) in [4.78, 5) is 23.9. The first kappa shape index (κ1) is 16.6. The summed E-state index contributed by atoms with van der Waals surface area (Å²) in [5.41, 5.74) is 0.703. The molecule has 2 aromatic heterocycles. The summed E-state index contributed by atoms with van der Waals surface area (Å²) in [6, 6.07) is 7.92. The minimum Gasteiger partial charge on any atom is -0.361 e. The molecule has 2 heterocycles. The van der Waals surface area contributed by atoms with Crippen LogP contribution in [0.1, 0.15) is 32.1 Å². The topological polar surface area (TPSA) is 106 Å². The van der Waals surface area contributed by atoms with Gasteiger partial charge in [0.2, 0.25) is 11.6 Å². The Balaban J connectivity index is 1.64. The molecule has 0 spiro atoms. The van der Waals surface area contributed by atoms with Crippen LogP contribution < -0.4 is 10.6 Å². The van der Waals surface area contributed by atoms with Crippen LogP contribution in [0.4, 0.5) is 22.5 Å². The number of anilines is 3. The van der Waals surface area contributed by atoms with Crippen molar-refractivity contribution in [3.63, 3.8) is 0 Å². The predicted octanol–water partition coefficient (Wildman–Crippen LogP) is 4.48. The molecule has 0 bridgehead atoms. The smallest absolute Gasteiger partial charge is 0.353 e. The molecule has 1 aliphatic rings. The zero-order valence-corrected chi connectivity index (χ0v) is 14.8. The fourth-order valence-electron chi connectivity index (χ4n) is 3.22. The normalized spacial score (nSPS) is 15.1. The molecule has 0 radical (unpaired) electrons. The van der Waals surface area contributed by atoms with Crippen LogP contribution in [0, 0.1) is 10.1 Å². The number of thiazole rings is 1. The molecule has 0 aliphatic heterocycles. The summed E-state index contributed by atoms with van der Waals surface area (Å²) in [7, 11) is 0. The van der Waals surface area contributed by atoms with Crippen LogP contribution in [0.3, 0.4) is 0 Å². The summed E-state index contributed by atoms with van der Waals surface area (Å²) in [5, 5.41) is 18.5. The first-order chi connectivity index (χ1) is 12.7. The van der Waals surface area contributed by atoms with Crippen molar-refractivity contribution in [2.75, 3.05) is 10.6 Å². The second-order valence-corrected chi connectivity index (χ2v) is 7.30. The van der Waals surface area contributed by atoms with Crippen LogP contribution in [0.15, 0.2) is 30.6 Å². The second kappa shape index (κ2) is 7.20. The van der Waals surface area contributed by atoms with Crippen LogP contribution in [-0.4, -0.2) is 25.9 Å². The molecule has 0 saturated heterocycles. The van der Waals surface area contributed by atoms with E-state index in [1.54, 1.807) is 0 Å². The lowest BCUT2D eigenvalue weighted by molar-refractivity contribution is -0.383. The van der Waals surface area contributed by atoms with Gasteiger partial charge >= 0.3 is 5.69 Å². The van der Waals surface area contributed by atoms with Gasteiger partial charge < -0.3 is 10.6 Å². The van der Waals surface area contributed by atoms with Crippen LogP contribution in [0.2, 0.25) is 0 Å². The van der Waals surface area contributed by atoms with E-state index >= 15 is 0 Å². The van der Waals surface area contributed by atoms with Crippen LogP contribution in [0.25, 0.3) is 10.2 Å². The van der Waals surface area contributed by atoms with E-state index in [0.717, 1.165) is 35.9 Å². The summed E-state index contributed by atoms with van der Waals surface area (Å²) < 4.78 is 1.01. The Morgan fingerprint density at radius 1 is 1.12 bits per heavy atom. The van der Waals surface area contributed by atoms with Gasteiger partial charge in [0.15, 0.2) is 5.13 Å². The molecule has 1 aromatic carbocycles. The maximum absolute atomic E-state index is 11.7. The number of nitro groups is 1. The number of aromatic nitrogens is 3. The third-order valence-electron chi connectivity index (χ3n) is 4.47. The van der Waals surface area contributed by atoms with Crippen LogP contribution in [0.5, 0.6) is 0 Å². The van der Waals surface area contributed by atoms with E-state index in [-0.39, 0.29) is 23.4 Å². The lowest BCUT2D eigenvalue weighted by Crippen LogP contribution is -2.23. The van der Waals surface area contributed by atoms with Crippen molar-refractivity contribution in [1.29, 1.82) is 0 Å². The van der Waals surface area contributed by atoms with E-state index in [1.165, 1.54) is 24.1 Å². The van der Waals surface area contributed by atoms with Crippen molar-refractivity contribution in [3.8, 4) is 0 Å². The first-order valence-corrected chi connectivity index (χ1v) is 9.41. The van der Waals surface area contributed by atoms with Crippen molar-refractivity contribution in [3.05, 3.63) is 40.7 Å². The Bertz CT molecular complexity index is 905. The predicted molar refractivity (Wildman–Crippen MR) is 102 cm³/mol. The standard InChI is InChI=1S/C17H18N6O2S/c24-23(25)14-15(20-11-6-2-1-3-7-11)18-10-19-16(14)22-17-21-12-8-4-5-9-13(12)26-17/h4-5,8-11H,1-3,6-7H2,(H2,18,19,20,21,22). The molecule has 0 amide bonds.